The second kappa shape index (κ2) is 5.37. The van der Waals surface area contributed by atoms with Crippen LogP contribution in [0.3, 0.4) is 0 Å². The van der Waals surface area contributed by atoms with E-state index in [-0.39, 0.29) is 11.4 Å². The van der Waals surface area contributed by atoms with E-state index in [9.17, 15) is 4.39 Å². The molecule has 1 aromatic carbocycles. The van der Waals surface area contributed by atoms with Gasteiger partial charge in [-0.25, -0.2) is 4.39 Å². The predicted molar refractivity (Wildman–Crippen MR) is 71.0 cm³/mol. The molecule has 18 heavy (non-hydrogen) atoms. The molecule has 1 heterocycles. The summed E-state index contributed by atoms with van der Waals surface area (Å²) in [5.41, 5.74) is 0.855. The van der Waals surface area contributed by atoms with Gasteiger partial charge >= 0.3 is 0 Å². The molecular formula is C15H22FNO. The SMILES string of the molecule is COC1(c2ccc(F)cc2)CCN(C(C)C)CC1. The largest absolute Gasteiger partial charge is 0.373 e. The number of halogens is 1. The molecule has 1 saturated heterocycles. The third-order valence-electron chi connectivity index (χ3n) is 4.10. The van der Waals surface area contributed by atoms with Crippen LogP contribution in [-0.4, -0.2) is 31.1 Å². The molecule has 1 fully saturated rings. The van der Waals surface area contributed by atoms with Gasteiger partial charge in [0, 0.05) is 26.2 Å². The lowest BCUT2D eigenvalue weighted by Crippen LogP contribution is -2.46. The molecule has 0 aromatic heterocycles. The normalized spacial score (nSPS) is 20.3. The monoisotopic (exact) mass is 251 g/mol. The quantitative estimate of drug-likeness (QED) is 0.818. The molecule has 100 valence electrons. The fourth-order valence-corrected chi connectivity index (χ4v) is 2.77. The van der Waals surface area contributed by atoms with E-state index < -0.39 is 0 Å². The zero-order valence-electron chi connectivity index (χ0n) is 11.4. The first-order chi connectivity index (χ1) is 8.57. The number of methoxy groups -OCH3 is 1. The van der Waals surface area contributed by atoms with Gasteiger partial charge in [0.1, 0.15) is 5.82 Å². The van der Waals surface area contributed by atoms with Crippen molar-refractivity contribution < 1.29 is 9.13 Å². The Labute approximate surface area is 109 Å². The Kier molecular flexibility index (Phi) is 4.03. The first kappa shape index (κ1) is 13.5. The minimum Gasteiger partial charge on any atom is -0.373 e. The maximum Gasteiger partial charge on any atom is 0.123 e. The van der Waals surface area contributed by atoms with Crippen LogP contribution in [0.15, 0.2) is 24.3 Å². The number of piperidine rings is 1. The summed E-state index contributed by atoms with van der Waals surface area (Å²) in [4.78, 5) is 2.46. The molecule has 1 aliphatic rings. The van der Waals surface area contributed by atoms with E-state index in [0.29, 0.717) is 6.04 Å². The van der Waals surface area contributed by atoms with Crippen LogP contribution >= 0.6 is 0 Å². The van der Waals surface area contributed by atoms with Gasteiger partial charge in [0.15, 0.2) is 0 Å². The first-order valence-corrected chi connectivity index (χ1v) is 6.63. The minimum absolute atomic E-state index is 0.190. The van der Waals surface area contributed by atoms with Gasteiger partial charge in [-0.15, -0.1) is 0 Å². The molecular weight excluding hydrogens is 229 g/mol. The van der Waals surface area contributed by atoms with Gasteiger partial charge in [-0.1, -0.05) is 12.1 Å². The molecule has 0 bridgehead atoms. The average Bonchev–Trinajstić information content (AvgIpc) is 2.39. The molecule has 0 unspecified atom stereocenters. The van der Waals surface area contributed by atoms with Gasteiger partial charge in [0.25, 0.3) is 0 Å². The maximum atomic E-state index is 13.0. The summed E-state index contributed by atoms with van der Waals surface area (Å²) in [6.07, 6.45) is 1.93. The Morgan fingerprint density at radius 2 is 1.72 bits per heavy atom. The van der Waals surface area contributed by atoms with Crippen molar-refractivity contribution in [1.29, 1.82) is 0 Å². The molecule has 0 spiro atoms. The molecule has 0 amide bonds. The van der Waals surface area contributed by atoms with E-state index in [1.807, 2.05) is 12.1 Å². The van der Waals surface area contributed by atoms with Gasteiger partial charge < -0.3 is 9.64 Å². The number of nitrogens with zero attached hydrogens (tertiary/aromatic N) is 1. The van der Waals surface area contributed by atoms with E-state index in [1.165, 1.54) is 12.1 Å². The van der Waals surface area contributed by atoms with Crippen molar-refractivity contribution in [3.8, 4) is 0 Å². The van der Waals surface area contributed by atoms with Gasteiger partial charge in [0.2, 0.25) is 0 Å². The van der Waals surface area contributed by atoms with Crippen LogP contribution in [0.4, 0.5) is 4.39 Å². The highest BCUT2D eigenvalue weighted by Gasteiger charge is 2.36. The molecule has 3 heteroatoms. The van der Waals surface area contributed by atoms with E-state index >= 15 is 0 Å². The number of hydrogen-bond acceptors (Lipinski definition) is 2. The summed E-state index contributed by atoms with van der Waals surface area (Å²) in [6.45, 7) is 6.50. The van der Waals surface area contributed by atoms with Gasteiger partial charge in [-0.05, 0) is 44.4 Å². The van der Waals surface area contributed by atoms with Crippen LogP contribution in [-0.2, 0) is 10.3 Å². The summed E-state index contributed by atoms with van der Waals surface area (Å²) < 4.78 is 18.8. The van der Waals surface area contributed by atoms with E-state index in [1.54, 1.807) is 7.11 Å². The second-order valence-corrected chi connectivity index (χ2v) is 5.34. The van der Waals surface area contributed by atoms with Crippen LogP contribution in [0.2, 0.25) is 0 Å². The van der Waals surface area contributed by atoms with Crippen molar-refractivity contribution in [1.82, 2.24) is 4.90 Å². The number of benzene rings is 1. The summed E-state index contributed by atoms with van der Waals surface area (Å²) in [5, 5.41) is 0. The van der Waals surface area contributed by atoms with E-state index in [2.05, 4.69) is 18.7 Å². The van der Waals surface area contributed by atoms with Crippen molar-refractivity contribution in [2.24, 2.45) is 0 Å². The second-order valence-electron chi connectivity index (χ2n) is 5.34. The van der Waals surface area contributed by atoms with Gasteiger partial charge in [-0.2, -0.15) is 0 Å². The third-order valence-corrected chi connectivity index (χ3v) is 4.10. The molecule has 0 radical (unpaired) electrons. The fourth-order valence-electron chi connectivity index (χ4n) is 2.77. The predicted octanol–water partition coefficient (Wildman–Crippen LogP) is 3.17. The van der Waals surface area contributed by atoms with Crippen molar-refractivity contribution in [2.45, 2.75) is 38.3 Å². The Morgan fingerprint density at radius 1 is 1.17 bits per heavy atom. The van der Waals surface area contributed by atoms with Gasteiger partial charge in [-0.3, -0.25) is 0 Å². The highest BCUT2D eigenvalue weighted by molar-refractivity contribution is 5.24. The minimum atomic E-state index is -0.237. The number of rotatable bonds is 3. The molecule has 0 aliphatic carbocycles. The maximum absolute atomic E-state index is 13.0. The van der Waals surface area contributed by atoms with Crippen LogP contribution in [0, 0.1) is 5.82 Å². The van der Waals surface area contributed by atoms with Crippen molar-refractivity contribution in [3.63, 3.8) is 0 Å². The van der Waals surface area contributed by atoms with Crippen LogP contribution in [0.1, 0.15) is 32.3 Å². The first-order valence-electron chi connectivity index (χ1n) is 6.63. The van der Waals surface area contributed by atoms with Gasteiger partial charge in [0.05, 0.1) is 5.60 Å². The Morgan fingerprint density at radius 3 is 2.17 bits per heavy atom. The number of likely N-dealkylation sites (tertiary alicyclic amines) is 1. The molecule has 0 N–H and O–H groups in total. The smallest absolute Gasteiger partial charge is 0.123 e. The lowest BCUT2D eigenvalue weighted by atomic mass is 9.84. The van der Waals surface area contributed by atoms with Crippen molar-refractivity contribution in [2.75, 3.05) is 20.2 Å². The van der Waals surface area contributed by atoms with E-state index in [4.69, 9.17) is 4.74 Å². The third kappa shape index (κ3) is 2.57. The Bertz CT molecular complexity index is 380. The standard InChI is InChI=1S/C15H22FNO/c1-12(2)17-10-8-15(18-3,9-11-17)13-4-6-14(16)7-5-13/h4-7,12H,8-11H2,1-3H3. The highest BCUT2D eigenvalue weighted by Crippen LogP contribution is 2.36. The molecule has 0 atom stereocenters. The topological polar surface area (TPSA) is 12.5 Å². The molecule has 2 nitrogen and oxygen atoms in total. The lowest BCUT2D eigenvalue weighted by Gasteiger charge is -2.42. The Balaban J connectivity index is 2.16. The van der Waals surface area contributed by atoms with Crippen LogP contribution < -0.4 is 0 Å². The zero-order chi connectivity index (χ0) is 13.2. The van der Waals surface area contributed by atoms with Crippen molar-refractivity contribution >= 4 is 0 Å². The summed E-state index contributed by atoms with van der Waals surface area (Å²) >= 11 is 0. The van der Waals surface area contributed by atoms with Crippen molar-refractivity contribution in [3.05, 3.63) is 35.6 Å². The van der Waals surface area contributed by atoms with Crippen LogP contribution in [0.25, 0.3) is 0 Å². The molecule has 1 aromatic rings. The number of ether oxygens (including phenoxy) is 1. The lowest BCUT2D eigenvalue weighted by molar-refractivity contribution is -0.0669. The van der Waals surface area contributed by atoms with Crippen LogP contribution in [0.5, 0.6) is 0 Å². The number of hydrogen-bond donors (Lipinski definition) is 0. The summed E-state index contributed by atoms with van der Waals surface area (Å²) in [7, 11) is 1.76. The summed E-state index contributed by atoms with van der Waals surface area (Å²) in [6, 6.07) is 7.32. The zero-order valence-corrected chi connectivity index (χ0v) is 11.4. The highest BCUT2D eigenvalue weighted by atomic mass is 19.1. The summed E-state index contributed by atoms with van der Waals surface area (Å²) in [5.74, 6) is -0.190. The Hall–Kier alpha value is -0.930. The average molecular weight is 251 g/mol. The molecule has 1 aliphatic heterocycles. The van der Waals surface area contributed by atoms with E-state index in [0.717, 1.165) is 31.5 Å². The molecule has 2 rings (SSSR count). The fraction of sp³-hybridized carbons (Fsp3) is 0.600. The molecule has 0 saturated carbocycles.